The first kappa shape index (κ1) is 13.6. The predicted octanol–water partition coefficient (Wildman–Crippen LogP) is 3.31. The van der Waals surface area contributed by atoms with Gasteiger partial charge in [0, 0.05) is 22.8 Å². The van der Waals surface area contributed by atoms with Crippen LogP contribution in [0.25, 0.3) is 0 Å². The second kappa shape index (κ2) is 5.88. The van der Waals surface area contributed by atoms with Crippen LogP contribution < -0.4 is 16.4 Å². The lowest BCUT2D eigenvalue weighted by Gasteiger charge is -2.11. The smallest absolute Gasteiger partial charge is 0.223 e. The zero-order valence-corrected chi connectivity index (χ0v) is 12.5. The van der Waals surface area contributed by atoms with Crippen molar-refractivity contribution < 1.29 is 0 Å². The van der Waals surface area contributed by atoms with Gasteiger partial charge in [-0.05, 0) is 31.5 Å². The summed E-state index contributed by atoms with van der Waals surface area (Å²) in [5, 5.41) is 6.37. The van der Waals surface area contributed by atoms with E-state index in [1.807, 2.05) is 38.1 Å². The molecule has 0 aliphatic rings. The fourth-order valence-corrected chi connectivity index (χ4v) is 2.03. The topological polar surface area (TPSA) is 75.9 Å². The minimum atomic E-state index is 0.244. The number of nitrogens with one attached hydrogen (secondary N) is 2. The van der Waals surface area contributed by atoms with Gasteiger partial charge in [-0.1, -0.05) is 22.0 Å². The summed E-state index contributed by atoms with van der Waals surface area (Å²) >= 11 is 3.45. The molecule has 0 atom stereocenters. The number of nitrogen functional groups attached to an aromatic ring is 1. The molecule has 2 rings (SSSR count). The summed E-state index contributed by atoms with van der Waals surface area (Å²) in [5.74, 6) is 1.63. The quantitative estimate of drug-likeness (QED) is 0.805. The SMILES string of the molecule is CCNc1cc(Nc2cc(Br)ccc2C)nc(N)n1. The fourth-order valence-electron chi connectivity index (χ4n) is 1.67. The third-order valence-electron chi connectivity index (χ3n) is 2.56. The molecule has 0 fully saturated rings. The normalized spacial score (nSPS) is 10.3. The molecular formula is C13H16BrN5. The molecule has 0 unspecified atom stereocenters. The van der Waals surface area contributed by atoms with Gasteiger partial charge in [-0.2, -0.15) is 9.97 Å². The van der Waals surface area contributed by atoms with E-state index in [2.05, 4.69) is 36.5 Å². The molecule has 0 aliphatic carbocycles. The van der Waals surface area contributed by atoms with Crippen LogP contribution in [-0.4, -0.2) is 16.5 Å². The van der Waals surface area contributed by atoms with Crippen molar-refractivity contribution in [3.63, 3.8) is 0 Å². The Balaban J connectivity index is 2.29. The third kappa shape index (κ3) is 3.57. The molecule has 0 bridgehead atoms. The number of rotatable bonds is 4. The van der Waals surface area contributed by atoms with E-state index < -0.39 is 0 Å². The van der Waals surface area contributed by atoms with Crippen LogP contribution in [0.3, 0.4) is 0 Å². The first-order valence-corrected chi connectivity index (χ1v) is 6.79. The lowest BCUT2D eigenvalue weighted by molar-refractivity contribution is 1.12. The molecule has 2 aromatic rings. The molecule has 19 heavy (non-hydrogen) atoms. The van der Waals surface area contributed by atoms with Gasteiger partial charge in [0.2, 0.25) is 5.95 Å². The minimum absolute atomic E-state index is 0.244. The molecule has 0 saturated heterocycles. The van der Waals surface area contributed by atoms with E-state index in [0.29, 0.717) is 11.6 Å². The molecule has 5 nitrogen and oxygen atoms in total. The Hall–Kier alpha value is -1.82. The maximum absolute atomic E-state index is 5.70. The van der Waals surface area contributed by atoms with Gasteiger partial charge in [-0.25, -0.2) is 0 Å². The van der Waals surface area contributed by atoms with E-state index in [-0.39, 0.29) is 5.95 Å². The number of benzene rings is 1. The van der Waals surface area contributed by atoms with Crippen LogP contribution in [-0.2, 0) is 0 Å². The van der Waals surface area contributed by atoms with Crippen LogP contribution in [0.15, 0.2) is 28.7 Å². The van der Waals surface area contributed by atoms with Crippen LogP contribution in [0.4, 0.5) is 23.3 Å². The fraction of sp³-hybridized carbons (Fsp3) is 0.231. The highest BCUT2D eigenvalue weighted by atomic mass is 79.9. The summed E-state index contributed by atoms with van der Waals surface area (Å²) in [4.78, 5) is 8.29. The van der Waals surface area contributed by atoms with Crippen LogP contribution in [0, 0.1) is 6.92 Å². The highest BCUT2D eigenvalue weighted by Crippen LogP contribution is 2.24. The van der Waals surface area contributed by atoms with Gasteiger partial charge in [0.25, 0.3) is 0 Å². The summed E-state index contributed by atoms with van der Waals surface area (Å²) in [5.41, 5.74) is 7.81. The number of halogens is 1. The standard InChI is InChI=1S/C13H16BrN5/c1-3-16-11-7-12(19-13(15)18-11)17-10-6-9(14)5-4-8(10)2/h4-7H,3H2,1-2H3,(H4,15,16,17,18,19). The summed E-state index contributed by atoms with van der Waals surface area (Å²) in [6.07, 6.45) is 0. The Labute approximate surface area is 120 Å². The van der Waals surface area contributed by atoms with Gasteiger partial charge in [0.15, 0.2) is 0 Å². The van der Waals surface area contributed by atoms with Crippen molar-refractivity contribution in [1.29, 1.82) is 0 Å². The highest BCUT2D eigenvalue weighted by Gasteiger charge is 2.04. The van der Waals surface area contributed by atoms with Crippen LogP contribution >= 0.6 is 15.9 Å². The molecule has 0 saturated carbocycles. The van der Waals surface area contributed by atoms with Crippen molar-refractivity contribution in [1.82, 2.24) is 9.97 Å². The van der Waals surface area contributed by atoms with Gasteiger partial charge >= 0.3 is 0 Å². The maximum atomic E-state index is 5.70. The lowest BCUT2D eigenvalue weighted by Crippen LogP contribution is -2.06. The van der Waals surface area contributed by atoms with E-state index in [1.54, 1.807) is 0 Å². The van der Waals surface area contributed by atoms with Gasteiger partial charge in [0.05, 0.1) is 0 Å². The molecule has 1 heterocycles. The molecule has 100 valence electrons. The summed E-state index contributed by atoms with van der Waals surface area (Å²) in [7, 11) is 0. The number of hydrogen-bond donors (Lipinski definition) is 3. The Kier molecular flexibility index (Phi) is 4.21. The van der Waals surface area contributed by atoms with Crippen molar-refractivity contribution in [3.05, 3.63) is 34.3 Å². The molecule has 0 spiro atoms. The molecule has 1 aromatic carbocycles. The number of nitrogens with zero attached hydrogens (tertiary/aromatic N) is 2. The Bertz CT molecular complexity index is 585. The Morgan fingerprint density at radius 3 is 2.68 bits per heavy atom. The predicted molar refractivity (Wildman–Crippen MR) is 82.8 cm³/mol. The summed E-state index contributed by atoms with van der Waals surface area (Å²) < 4.78 is 1.01. The number of aromatic nitrogens is 2. The molecule has 0 aliphatic heterocycles. The number of hydrogen-bond acceptors (Lipinski definition) is 5. The van der Waals surface area contributed by atoms with E-state index in [9.17, 15) is 0 Å². The van der Waals surface area contributed by atoms with E-state index >= 15 is 0 Å². The van der Waals surface area contributed by atoms with Crippen molar-refractivity contribution in [2.45, 2.75) is 13.8 Å². The van der Waals surface area contributed by atoms with Gasteiger partial charge in [0.1, 0.15) is 11.6 Å². The Morgan fingerprint density at radius 1 is 1.21 bits per heavy atom. The summed E-state index contributed by atoms with van der Waals surface area (Å²) in [6, 6.07) is 7.86. The van der Waals surface area contributed by atoms with E-state index in [4.69, 9.17) is 5.73 Å². The Morgan fingerprint density at radius 2 is 1.95 bits per heavy atom. The average Bonchev–Trinajstić information content (AvgIpc) is 2.33. The third-order valence-corrected chi connectivity index (χ3v) is 3.06. The van der Waals surface area contributed by atoms with Gasteiger partial charge in [-0.3, -0.25) is 0 Å². The molecule has 4 N–H and O–H groups in total. The molecular weight excluding hydrogens is 306 g/mol. The van der Waals surface area contributed by atoms with E-state index in [0.717, 1.165) is 22.3 Å². The zero-order chi connectivity index (χ0) is 13.8. The molecule has 0 amide bonds. The lowest BCUT2D eigenvalue weighted by atomic mass is 10.2. The van der Waals surface area contributed by atoms with Crippen molar-refractivity contribution in [3.8, 4) is 0 Å². The average molecular weight is 322 g/mol. The first-order valence-electron chi connectivity index (χ1n) is 6.00. The molecule has 0 radical (unpaired) electrons. The van der Waals surface area contributed by atoms with Crippen molar-refractivity contribution in [2.24, 2.45) is 0 Å². The van der Waals surface area contributed by atoms with Crippen molar-refractivity contribution >= 4 is 39.2 Å². The largest absolute Gasteiger partial charge is 0.370 e. The highest BCUT2D eigenvalue weighted by molar-refractivity contribution is 9.10. The van der Waals surface area contributed by atoms with Gasteiger partial charge < -0.3 is 16.4 Å². The zero-order valence-electron chi connectivity index (χ0n) is 10.9. The van der Waals surface area contributed by atoms with Crippen LogP contribution in [0.5, 0.6) is 0 Å². The number of aryl methyl sites for hydroxylation is 1. The summed E-state index contributed by atoms with van der Waals surface area (Å²) in [6.45, 7) is 4.82. The van der Waals surface area contributed by atoms with Crippen LogP contribution in [0.1, 0.15) is 12.5 Å². The number of nitrogens with two attached hydrogens (primary N) is 1. The molecule has 1 aromatic heterocycles. The maximum Gasteiger partial charge on any atom is 0.223 e. The number of anilines is 4. The van der Waals surface area contributed by atoms with Crippen molar-refractivity contribution in [2.75, 3.05) is 22.9 Å². The monoisotopic (exact) mass is 321 g/mol. The minimum Gasteiger partial charge on any atom is -0.370 e. The van der Waals surface area contributed by atoms with Crippen LogP contribution in [0.2, 0.25) is 0 Å². The second-order valence-electron chi connectivity index (χ2n) is 4.11. The van der Waals surface area contributed by atoms with Gasteiger partial charge in [-0.15, -0.1) is 0 Å². The van der Waals surface area contributed by atoms with E-state index in [1.165, 1.54) is 0 Å². The first-order chi connectivity index (χ1) is 9.08. The second-order valence-corrected chi connectivity index (χ2v) is 5.03. The molecule has 6 heteroatoms.